The summed E-state index contributed by atoms with van der Waals surface area (Å²) in [6, 6.07) is 37.8. The number of ketones is 1. The number of fused-ring (bicyclic) bond motifs is 1. The first-order valence-electron chi connectivity index (χ1n) is 13.5. The molecule has 6 aromatic rings. The summed E-state index contributed by atoms with van der Waals surface area (Å²) in [6.45, 7) is 0.738. The lowest BCUT2D eigenvalue weighted by atomic mass is 9.98. The monoisotopic (exact) mass is 630 g/mol. The number of benzene rings is 4. The van der Waals surface area contributed by atoms with Crippen molar-refractivity contribution in [1.29, 1.82) is 0 Å². The van der Waals surface area contributed by atoms with Crippen LogP contribution in [0.5, 0.6) is 0 Å². The molecule has 0 amide bonds. The largest absolute Gasteiger partial charge is 1.00 e. The summed E-state index contributed by atoms with van der Waals surface area (Å²) < 4.78 is 11.4. The zero-order valence-corrected chi connectivity index (χ0v) is 25.1. The molecule has 0 saturated heterocycles. The molecule has 4 aromatic carbocycles. The molecule has 0 atom stereocenters. The van der Waals surface area contributed by atoms with Gasteiger partial charge in [-0.2, -0.15) is 8.75 Å². The quantitative estimate of drug-likeness (QED) is 0.131. The van der Waals surface area contributed by atoms with Gasteiger partial charge in [-0.25, -0.2) is 4.57 Å². The molecule has 0 radical (unpaired) electrons. The molecule has 0 spiro atoms. The number of carbonyl (C=O) groups excluding carboxylic acids is 1. The molecule has 0 unspecified atom stereocenters. The van der Waals surface area contributed by atoms with Gasteiger partial charge >= 0.3 is 0 Å². The lowest BCUT2D eigenvalue weighted by Gasteiger charge is -2.25. The fourth-order valence-electron chi connectivity index (χ4n) is 5.00. The Morgan fingerprint density at radius 1 is 0.714 bits per heavy atom. The highest BCUT2D eigenvalue weighted by Gasteiger charge is 2.16. The number of pyridine rings is 1. The Morgan fingerprint density at radius 2 is 1.21 bits per heavy atom. The Morgan fingerprint density at radius 3 is 1.74 bits per heavy atom. The van der Waals surface area contributed by atoms with Crippen molar-refractivity contribution in [3.05, 3.63) is 122 Å². The number of para-hydroxylation sites is 2. The highest BCUT2D eigenvalue weighted by molar-refractivity contribution is 7.00. The molecule has 0 aliphatic carbocycles. The van der Waals surface area contributed by atoms with Crippen LogP contribution in [0.1, 0.15) is 12.8 Å². The molecule has 0 N–H and O–H groups in total. The van der Waals surface area contributed by atoms with E-state index in [4.69, 9.17) is 6.42 Å². The summed E-state index contributed by atoms with van der Waals surface area (Å²) in [5.74, 6) is 2.02. The van der Waals surface area contributed by atoms with Gasteiger partial charge in [-0.1, -0.05) is 60.7 Å². The van der Waals surface area contributed by atoms with Crippen molar-refractivity contribution in [2.75, 3.05) is 4.90 Å². The van der Waals surface area contributed by atoms with Gasteiger partial charge in [-0.05, 0) is 53.4 Å². The highest BCUT2D eigenvalue weighted by Crippen LogP contribution is 2.38. The predicted octanol–water partition coefficient (Wildman–Crippen LogP) is 4.77. The van der Waals surface area contributed by atoms with Crippen LogP contribution in [0.15, 0.2) is 122 Å². The van der Waals surface area contributed by atoms with E-state index in [1.54, 1.807) is 0 Å². The van der Waals surface area contributed by atoms with Gasteiger partial charge in [0.15, 0.2) is 12.4 Å². The maximum atomic E-state index is 11.4. The number of halogens is 1. The van der Waals surface area contributed by atoms with Gasteiger partial charge in [0.05, 0.1) is 11.7 Å². The number of terminal acetylenes is 1. The average molecular weight is 632 g/mol. The van der Waals surface area contributed by atoms with E-state index in [2.05, 4.69) is 121 Å². The number of carbonyl (C=O) groups is 1. The van der Waals surface area contributed by atoms with Crippen molar-refractivity contribution in [3.63, 3.8) is 0 Å². The topological polar surface area (TPSA) is 50.0 Å². The van der Waals surface area contributed by atoms with E-state index < -0.39 is 0 Å². The number of hydrogen-bond donors (Lipinski definition) is 0. The third kappa shape index (κ3) is 6.15. The van der Waals surface area contributed by atoms with E-state index in [9.17, 15) is 4.79 Å². The fourth-order valence-corrected chi connectivity index (χ4v) is 5.58. The normalized spacial score (nSPS) is 10.5. The summed E-state index contributed by atoms with van der Waals surface area (Å²) in [5, 5.41) is 0. The molecule has 0 fully saturated rings. The minimum absolute atomic E-state index is 0. The van der Waals surface area contributed by atoms with Gasteiger partial charge in [0.2, 0.25) is 5.78 Å². The number of rotatable bonds is 9. The Hall–Kier alpha value is -4.64. The molecular formula is C35H27BrN4OS. The number of Topliss-reactive ketones (excluding diaryl/α,β-unsaturated/α-hetero) is 1. The Balaban J connectivity index is 0.00000353. The van der Waals surface area contributed by atoms with Crippen LogP contribution < -0.4 is 26.4 Å². The van der Waals surface area contributed by atoms with Gasteiger partial charge in [0.1, 0.15) is 17.6 Å². The lowest BCUT2D eigenvalue weighted by Crippen LogP contribution is -3.00. The van der Waals surface area contributed by atoms with Crippen LogP contribution in [0.25, 0.3) is 33.3 Å². The molecule has 206 valence electrons. The summed E-state index contributed by atoms with van der Waals surface area (Å²) in [6.07, 6.45) is 10.3. The third-order valence-corrected chi connectivity index (χ3v) is 7.59. The first kappa shape index (κ1) is 28.9. The smallest absolute Gasteiger partial charge is 0.205 e. The van der Waals surface area contributed by atoms with Crippen molar-refractivity contribution in [2.24, 2.45) is 0 Å². The summed E-state index contributed by atoms with van der Waals surface area (Å²) in [5.41, 5.74) is 9.34. The molecule has 6 rings (SSSR count). The van der Waals surface area contributed by atoms with E-state index in [-0.39, 0.29) is 22.8 Å². The number of nitrogens with zero attached hydrogens (tertiary/aromatic N) is 4. The minimum atomic E-state index is -0.153. The fraction of sp³-hybridized carbons (Fsp3) is 0.0857. The molecule has 0 saturated carbocycles. The molecule has 2 heterocycles. The molecule has 5 nitrogen and oxygen atoms in total. The molecule has 42 heavy (non-hydrogen) atoms. The van der Waals surface area contributed by atoms with Crippen LogP contribution in [0.4, 0.5) is 17.1 Å². The Bertz CT molecular complexity index is 1790. The SMILES string of the molecule is C#CC(=O)CCC[n+]1ccc(-c2ccc(-c3ccc(N(c4ccccc4)c4ccccc4)cc3)c3nsnc23)cc1.[Br-]. The van der Waals surface area contributed by atoms with Crippen molar-refractivity contribution in [1.82, 2.24) is 8.75 Å². The molecule has 0 bridgehead atoms. The number of anilines is 3. The number of aromatic nitrogens is 3. The van der Waals surface area contributed by atoms with Crippen molar-refractivity contribution < 1.29 is 26.3 Å². The highest BCUT2D eigenvalue weighted by atomic mass is 79.9. The zero-order chi connectivity index (χ0) is 28.0. The van der Waals surface area contributed by atoms with E-state index >= 15 is 0 Å². The molecule has 0 aliphatic heterocycles. The van der Waals surface area contributed by atoms with Crippen LogP contribution in [0, 0.1) is 12.3 Å². The summed E-state index contributed by atoms with van der Waals surface area (Å²) >= 11 is 1.23. The number of aryl methyl sites for hydroxylation is 1. The lowest BCUT2D eigenvalue weighted by molar-refractivity contribution is -0.697. The minimum Gasteiger partial charge on any atom is -1.00 e. The summed E-state index contributed by atoms with van der Waals surface area (Å²) in [4.78, 5) is 13.6. The standard InChI is InChI=1S/C35H27N4OS.BrH/c1-2-31(40)14-9-23-38-24-21-27(22-25-38)33-20-19-32(34-35(33)37-41-36-34)26-15-17-30(18-16-26)39(28-10-5-3-6-11-28)29-12-7-4-8-13-29;/h1,3-8,10-13,15-22,24-25H,9,14,23H2;1H/q+1;/p-1. The van der Waals surface area contributed by atoms with E-state index in [1.807, 2.05) is 24.5 Å². The second-order valence-electron chi connectivity index (χ2n) is 9.67. The third-order valence-electron chi connectivity index (χ3n) is 7.06. The average Bonchev–Trinajstić information content (AvgIpc) is 3.53. The Kier molecular flexibility index (Phi) is 9.18. The van der Waals surface area contributed by atoms with Crippen molar-refractivity contribution >= 4 is 45.6 Å². The molecule has 0 aliphatic rings. The first-order valence-corrected chi connectivity index (χ1v) is 14.2. The maximum Gasteiger partial charge on any atom is 0.205 e. The first-order chi connectivity index (χ1) is 20.2. The van der Waals surface area contributed by atoms with Crippen LogP contribution >= 0.6 is 11.7 Å². The second kappa shape index (κ2) is 13.3. The van der Waals surface area contributed by atoms with Crippen LogP contribution in [0.3, 0.4) is 0 Å². The second-order valence-corrected chi connectivity index (χ2v) is 10.2. The van der Waals surface area contributed by atoms with Crippen LogP contribution in [-0.2, 0) is 11.3 Å². The van der Waals surface area contributed by atoms with Crippen molar-refractivity contribution in [3.8, 4) is 34.6 Å². The molecule has 2 aromatic heterocycles. The zero-order valence-electron chi connectivity index (χ0n) is 22.7. The molecular weight excluding hydrogens is 604 g/mol. The van der Waals surface area contributed by atoms with E-state index in [1.165, 1.54) is 11.7 Å². The van der Waals surface area contributed by atoms with Gasteiger partial charge in [0, 0.05) is 53.2 Å². The van der Waals surface area contributed by atoms with Crippen molar-refractivity contribution in [2.45, 2.75) is 19.4 Å². The van der Waals surface area contributed by atoms with E-state index in [0.29, 0.717) is 6.42 Å². The Labute approximate surface area is 260 Å². The molecule has 7 heteroatoms. The van der Waals surface area contributed by atoms with Crippen LogP contribution in [-0.4, -0.2) is 14.5 Å². The summed E-state index contributed by atoms with van der Waals surface area (Å²) in [7, 11) is 0. The number of hydrogen-bond acceptors (Lipinski definition) is 5. The van der Waals surface area contributed by atoms with Gasteiger partial charge < -0.3 is 21.9 Å². The van der Waals surface area contributed by atoms with E-state index in [0.717, 1.165) is 63.3 Å². The maximum absolute atomic E-state index is 11.4. The van der Waals surface area contributed by atoms with Gasteiger partial charge in [-0.15, -0.1) is 6.42 Å². The predicted molar refractivity (Wildman–Crippen MR) is 166 cm³/mol. The van der Waals surface area contributed by atoms with Crippen LogP contribution in [0.2, 0.25) is 0 Å². The van der Waals surface area contributed by atoms with Gasteiger partial charge in [-0.3, -0.25) is 4.79 Å². The van der Waals surface area contributed by atoms with Gasteiger partial charge in [0.25, 0.3) is 0 Å².